The predicted octanol–water partition coefficient (Wildman–Crippen LogP) is 4.19. The number of hydrogen-bond donors (Lipinski definition) is 2. The number of ether oxygens (including phenoxy) is 1. The number of nitriles is 1. The Kier molecular flexibility index (Phi) is 6.28. The lowest BCUT2D eigenvalue weighted by Gasteiger charge is -2.22. The highest BCUT2D eigenvalue weighted by Gasteiger charge is 2.29. The summed E-state index contributed by atoms with van der Waals surface area (Å²) in [5.41, 5.74) is 4.37. The highest BCUT2D eigenvalue weighted by Crippen LogP contribution is 2.41. The van der Waals surface area contributed by atoms with Crippen LogP contribution in [0.15, 0.2) is 40.9 Å². The van der Waals surface area contributed by atoms with E-state index >= 15 is 0 Å². The Bertz CT molecular complexity index is 1120. The molecule has 1 atom stereocenters. The second-order valence-corrected chi connectivity index (χ2v) is 8.24. The molecule has 1 unspecified atom stereocenters. The van der Waals surface area contributed by atoms with Gasteiger partial charge in [-0.15, -0.1) is 0 Å². The van der Waals surface area contributed by atoms with Gasteiger partial charge in [0.05, 0.1) is 18.3 Å². The molecule has 2 aromatic carbocycles. The summed E-state index contributed by atoms with van der Waals surface area (Å²) in [5.74, 6) is 1.40. The van der Waals surface area contributed by atoms with Gasteiger partial charge in [0.2, 0.25) is 5.82 Å². The summed E-state index contributed by atoms with van der Waals surface area (Å²) in [6.45, 7) is 4.40. The maximum Gasteiger partial charge on any atom is 0.258 e. The molecule has 1 aliphatic rings. The van der Waals surface area contributed by atoms with E-state index in [1.165, 1.54) is 11.1 Å². The van der Waals surface area contributed by atoms with E-state index in [4.69, 9.17) is 9.26 Å². The Labute approximate surface area is 186 Å². The minimum absolute atomic E-state index is 0.0254. The molecule has 3 aromatic rings. The molecule has 0 aliphatic heterocycles. The standard InChI is InChI=1S/C23H24N4O3S/c1-14(2)29-21-9-6-15(12-16(21)13-24)23-25-22(26-30-23)19-5-3-4-18-17(19)7-8-20(18)27(31)10-11-28/h3-6,9,12,14,20,28,31H,7-8,10-11H2,1-2H3. The van der Waals surface area contributed by atoms with Crippen molar-refractivity contribution in [1.29, 1.82) is 5.26 Å². The van der Waals surface area contributed by atoms with Crippen LogP contribution < -0.4 is 4.74 Å². The van der Waals surface area contributed by atoms with Gasteiger partial charge < -0.3 is 14.4 Å². The van der Waals surface area contributed by atoms with Gasteiger partial charge in [-0.2, -0.15) is 10.2 Å². The topological polar surface area (TPSA) is 95.4 Å². The number of fused-ring (bicyclic) bond motifs is 1. The van der Waals surface area contributed by atoms with Crippen LogP contribution in [0.5, 0.6) is 5.75 Å². The first kappa shape index (κ1) is 21.4. The van der Waals surface area contributed by atoms with E-state index in [0.717, 1.165) is 18.4 Å². The summed E-state index contributed by atoms with van der Waals surface area (Å²) in [6.07, 6.45) is 1.77. The fourth-order valence-electron chi connectivity index (χ4n) is 3.97. The van der Waals surface area contributed by atoms with Gasteiger partial charge in [-0.05, 0) is 56.0 Å². The molecule has 160 valence electrons. The van der Waals surface area contributed by atoms with Crippen LogP contribution in [0.1, 0.15) is 43.0 Å². The number of nitrogens with zero attached hydrogens (tertiary/aromatic N) is 4. The monoisotopic (exact) mass is 436 g/mol. The van der Waals surface area contributed by atoms with Crippen LogP contribution in [0.4, 0.5) is 0 Å². The number of aromatic nitrogens is 2. The second-order valence-electron chi connectivity index (χ2n) is 7.73. The number of rotatable bonds is 7. The Morgan fingerprint density at radius 2 is 2.19 bits per heavy atom. The molecule has 0 saturated heterocycles. The molecule has 1 N–H and O–H groups in total. The zero-order chi connectivity index (χ0) is 22.0. The van der Waals surface area contributed by atoms with E-state index in [1.807, 2.05) is 36.4 Å². The van der Waals surface area contributed by atoms with Crippen molar-refractivity contribution in [3.8, 4) is 34.7 Å². The van der Waals surface area contributed by atoms with Gasteiger partial charge >= 0.3 is 0 Å². The molecule has 1 aliphatic carbocycles. The maximum atomic E-state index is 9.48. The molecule has 7 nitrogen and oxygen atoms in total. The number of thiol groups is 1. The van der Waals surface area contributed by atoms with Crippen molar-refractivity contribution >= 4 is 12.8 Å². The molecular formula is C23H24N4O3S. The van der Waals surface area contributed by atoms with Gasteiger partial charge in [0.1, 0.15) is 11.8 Å². The summed E-state index contributed by atoms with van der Waals surface area (Å²) in [7, 11) is 0. The fourth-order valence-corrected chi connectivity index (χ4v) is 4.30. The van der Waals surface area contributed by atoms with Crippen LogP contribution in [0, 0.1) is 11.3 Å². The van der Waals surface area contributed by atoms with E-state index in [2.05, 4.69) is 35.1 Å². The molecule has 0 fully saturated rings. The first-order valence-corrected chi connectivity index (χ1v) is 10.6. The van der Waals surface area contributed by atoms with E-state index in [1.54, 1.807) is 12.1 Å². The number of aliphatic hydroxyl groups excluding tert-OH is 1. The fraction of sp³-hybridized carbons (Fsp3) is 0.348. The Hall–Kier alpha value is -2.86. The molecule has 8 heteroatoms. The quantitative estimate of drug-likeness (QED) is 0.536. The van der Waals surface area contributed by atoms with Gasteiger partial charge in [0, 0.05) is 23.7 Å². The molecule has 4 rings (SSSR count). The lowest BCUT2D eigenvalue weighted by Crippen LogP contribution is -2.21. The lowest BCUT2D eigenvalue weighted by molar-refractivity contribution is 0.239. The van der Waals surface area contributed by atoms with E-state index in [-0.39, 0.29) is 18.8 Å². The molecule has 0 bridgehead atoms. The Morgan fingerprint density at radius 1 is 1.35 bits per heavy atom. The van der Waals surface area contributed by atoms with Crippen LogP contribution in [0.3, 0.4) is 0 Å². The molecule has 0 amide bonds. The molecular weight excluding hydrogens is 412 g/mol. The van der Waals surface area contributed by atoms with Crippen LogP contribution in [0.25, 0.3) is 22.8 Å². The molecule has 0 radical (unpaired) electrons. The van der Waals surface area contributed by atoms with Crippen molar-refractivity contribution in [2.24, 2.45) is 0 Å². The van der Waals surface area contributed by atoms with Gasteiger partial charge in [-0.25, -0.2) is 4.31 Å². The average Bonchev–Trinajstić information content (AvgIpc) is 3.41. The SMILES string of the molecule is CC(C)Oc1ccc(-c2nc(-c3cccc4c3CCC4N(S)CCO)no2)cc1C#N. The van der Waals surface area contributed by atoms with Crippen molar-refractivity contribution in [3.05, 3.63) is 53.1 Å². The highest BCUT2D eigenvalue weighted by atomic mass is 32.1. The maximum absolute atomic E-state index is 9.48. The zero-order valence-corrected chi connectivity index (χ0v) is 18.3. The first-order chi connectivity index (χ1) is 15.0. The minimum atomic E-state index is -0.0254. The third kappa shape index (κ3) is 4.30. The van der Waals surface area contributed by atoms with E-state index in [0.29, 0.717) is 35.1 Å². The van der Waals surface area contributed by atoms with Crippen LogP contribution in [-0.4, -0.2) is 38.8 Å². The van der Waals surface area contributed by atoms with Crippen molar-refractivity contribution < 1.29 is 14.4 Å². The summed E-state index contributed by atoms with van der Waals surface area (Å²) < 4.78 is 13.1. The zero-order valence-electron chi connectivity index (χ0n) is 17.4. The van der Waals surface area contributed by atoms with Crippen molar-refractivity contribution in [2.75, 3.05) is 13.2 Å². The minimum Gasteiger partial charge on any atom is -0.490 e. The first-order valence-electron chi connectivity index (χ1n) is 10.2. The van der Waals surface area contributed by atoms with Gasteiger partial charge in [0.15, 0.2) is 0 Å². The number of benzene rings is 2. The summed E-state index contributed by atoms with van der Waals surface area (Å²) in [6, 6.07) is 13.6. The molecule has 0 saturated carbocycles. The molecule has 1 aromatic heterocycles. The summed E-state index contributed by atoms with van der Waals surface area (Å²) in [5, 5.41) is 22.9. The van der Waals surface area contributed by atoms with Crippen molar-refractivity contribution in [2.45, 2.75) is 38.8 Å². The van der Waals surface area contributed by atoms with Gasteiger partial charge in [-0.1, -0.05) is 36.2 Å². The van der Waals surface area contributed by atoms with Gasteiger partial charge in [-0.3, -0.25) is 0 Å². The normalized spacial score (nSPS) is 15.3. The largest absolute Gasteiger partial charge is 0.490 e. The van der Waals surface area contributed by atoms with E-state index < -0.39 is 0 Å². The number of aliphatic hydroxyl groups is 1. The molecule has 0 spiro atoms. The van der Waals surface area contributed by atoms with Crippen LogP contribution in [0.2, 0.25) is 0 Å². The average molecular weight is 437 g/mol. The van der Waals surface area contributed by atoms with Crippen LogP contribution in [-0.2, 0) is 6.42 Å². The predicted molar refractivity (Wildman–Crippen MR) is 119 cm³/mol. The van der Waals surface area contributed by atoms with Crippen LogP contribution >= 0.6 is 12.8 Å². The summed E-state index contributed by atoms with van der Waals surface area (Å²) >= 11 is 4.54. The number of hydrogen-bond acceptors (Lipinski definition) is 8. The third-order valence-electron chi connectivity index (χ3n) is 5.30. The summed E-state index contributed by atoms with van der Waals surface area (Å²) in [4.78, 5) is 4.60. The Balaban J connectivity index is 1.65. The Morgan fingerprint density at radius 3 is 2.94 bits per heavy atom. The van der Waals surface area contributed by atoms with E-state index in [9.17, 15) is 10.4 Å². The van der Waals surface area contributed by atoms with Gasteiger partial charge in [0.25, 0.3) is 5.89 Å². The van der Waals surface area contributed by atoms with Crippen molar-refractivity contribution in [1.82, 2.24) is 14.4 Å². The highest BCUT2D eigenvalue weighted by molar-refractivity contribution is 7.77. The molecule has 1 heterocycles. The smallest absolute Gasteiger partial charge is 0.258 e. The molecule has 31 heavy (non-hydrogen) atoms. The lowest BCUT2D eigenvalue weighted by atomic mass is 10.0. The van der Waals surface area contributed by atoms with Crippen molar-refractivity contribution in [3.63, 3.8) is 0 Å². The second kappa shape index (κ2) is 9.10. The third-order valence-corrected chi connectivity index (χ3v) is 5.78.